The summed E-state index contributed by atoms with van der Waals surface area (Å²) in [6.07, 6.45) is 2.58. The fourth-order valence-electron chi connectivity index (χ4n) is 2.44. The lowest BCUT2D eigenvalue weighted by Gasteiger charge is -2.11. The molecule has 0 saturated heterocycles. The molecular formula is C20H21ClN2O7S. The average Bonchev–Trinajstić information content (AvgIpc) is 2.70. The van der Waals surface area contributed by atoms with Gasteiger partial charge in [-0.15, -0.1) is 0 Å². The summed E-state index contributed by atoms with van der Waals surface area (Å²) >= 11 is 6.15. The molecule has 31 heavy (non-hydrogen) atoms. The number of benzene rings is 2. The molecule has 0 aliphatic rings. The van der Waals surface area contributed by atoms with Crippen molar-refractivity contribution >= 4 is 45.3 Å². The molecule has 0 spiro atoms. The maximum Gasteiger partial charge on any atom is 0.331 e. The minimum atomic E-state index is -3.91. The Balaban J connectivity index is 1.96. The Morgan fingerprint density at radius 1 is 1.23 bits per heavy atom. The number of anilines is 1. The predicted molar refractivity (Wildman–Crippen MR) is 116 cm³/mol. The van der Waals surface area contributed by atoms with Gasteiger partial charge >= 0.3 is 5.97 Å². The number of amides is 1. The SMILES string of the molecule is CCOc1cc(/C=C/C(=O)OCC(=O)Nc2cccc(S(N)(=O)=O)c2)cc(Cl)c1OC. The summed E-state index contributed by atoms with van der Waals surface area (Å²) in [4.78, 5) is 23.7. The van der Waals surface area contributed by atoms with Crippen molar-refractivity contribution in [2.24, 2.45) is 5.14 Å². The first-order valence-electron chi connectivity index (χ1n) is 8.92. The molecule has 0 heterocycles. The third-order valence-corrected chi connectivity index (χ3v) is 4.93. The van der Waals surface area contributed by atoms with Crippen LogP contribution < -0.4 is 19.9 Å². The first-order chi connectivity index (χ1) is 14.6. The number of nitrogens with one attached hydrogen (secondary N) is 1. The average molecular weight is 469 g/mol. The minimum Gasteiger partial charge on any atom is -0.491 e. The Bertz CT molecular complexity index is 1100. The Kier molecular flexibility index (Phi) is 8.43. The van der Waals surface area contributed by atoms with Gasteiger partial charge in [0.05, 0.1) is 23.6 Å². The number of halogens is 1. The summed E-state index contributed by atoms with van der Waals surface area (Å²) in [6.45, 7) is 1.64. The summed E-state index contributed by atoms with van der Waals surface area (Å²) in [7, 11) is -2.44. The summed E-state index contributed by atoms with van der Waals surface area (Å²) in [5.74, 6) is -0.615. The molecule has 9 nitrogen and oxygen atoms in total. The van der Waals surface area contributed by atoms with E-state index in [0.29, 0.717) is 28.7 Å². The summed E-state index contributed by atoms with van der Waals surface area (Å²) in [5.41, 5.74) is 0.759. The van der Waals surface area contributed by atoms with Crippen LogP contribution in [0.3, 0.4) is 0 Å². The molecule has 3 N–H and O–H groups in total. The van der Waals surface area contributed by atoms with Crippen molar-refractivity contribution in [3.8, 4) is 11.5 Å². The highest BCUT2D eigenvalue weighted by Gasteiger charge is 2.12. The molecule has 2 aromatic rings. The highest BCUT2D eigenvalue weighted by atomic mass is 35.5. The Morgan fingerprint density at radius 3 is 2.61 bits per heavy atom. The van der Waals surface area contributed by atoms with Crippen molar-refractivity contribution in [2.75, 3.05) is 25.6 Å². The maximum atomic E-state index is 11.9. The smallest absolute Gasteiger partial charge is 0.331 e. The van der Waals surface area contributed by atoms with E-state index in [1.54, 1.807) is 12.1 Å². The normalized spacial score (nSPS) is 11.2. The van der Waals surface area contributed by atoms with Gasteiger partial charge in [0.25, 0.3) is 5.91 Å². The number of primary sulfonamides is 1. The number of rotatable bonds is 9. The van der Waals surface area contributed by atoms with Crippen LogP contribution in [0.1, 0.15) is 12.5 Å². The molecule has 11 heteroatoms. The molecule has 0 aromatic heterocycles. The van der Waals surface area contributed by atoms with Crippen molar-refractivity contribution in [3.63, 3.8) is 0 Å². The number of sulfonamides is 1. The first kappa shape index (κ1) is 24.2. The van der Waals surface area contributed by atoms with Crippen LogP contribution in [0.15, 0.2) is 47.4 Å². The van der Waals surface area contributed by atoms with E-state index in [2.05, 4.69) is 5.32 Å². The zero-order valence-electron chi connectivity index (χ0n) is 16.8. The fourth-order valence-corrected chi connectivity index (χ4v) is 3.30. The van der Waals surface area contributed by atoms with Crippen LogP contribution in [-0.2, 0) is 24.3 Å². The first-order valence-corrected chi connectivity index (χ1v) is 10.8. The van der Waals surface area contributed by atoms with Crippen LogP contribution >= 0.6 is 11.6 Å². The molecule has 0 bridgehead atoms. The second-order valence-electron chi connectivity index (χ2n) is 6.03. The van der Waals surface area contributed by atoms with Gasteiger partial charge in [0.1, 0.15) is 0 Å². The fraction of sp³-hybridized carbons (Fsp3) is 0.200. The van der Waals surface area contributed by atoms with Crippen LogP contribution in [-0.4, -0.2) is 40.6 Å². The largest absolute Gasteiger partial charge is 0.491 e. The van der Waals surface area contributed by atoms with E-state index in [-0.39, 0.29) is 10.6 Å². The summed E-state index contributed by atoms with van der Waals surface area (Å²) in [6, 6.07) is 8.59. The lowest BCUT2D eigenvalue weighted by atomic mass is 10.2. The molecule has 166 valence electrons. The number of hydrogen-bond donors (Lipinski definition) is 2. The summed E-state index contributed by atoms with van der Waals surface area (Å²) < 4.78 is 38.2. The number of esters is 1. The predicted octanol–water partition coefficient (Wildman–Crippen LogP) is 2.59. The van der Waals surface area contributed by atoms with Crippen molar-refractivity contribution in [1.29, 1.82) is 0 Å². The van der Waals surface area contributed by atoms with Gasteiger partial charge in [-0.2, -0.15) is 0 Å². The quantitative estimate of drug-likeness (QED) is 0.426. The van der Waals surface area contributed by atoms with E-state index in [4.69, 9.17) is 31.0 Å². The van der Waals surface area contributed by atoms with Crippen LogP contribution in [0.4, 0.5) is 5.69 Å². The van der Waals surface area contributed by atoms with Crippen LogP contribution in [0, 0.1) is 0 Å². The Hall–Kier alpha value is -3.08. The lowest BCUT2D eigenvalue weighted by Crippen LogP contribution is -2.20. The standard InChI is InChI=1S/C20H21ClN2O7S/c1-3-29-17-10-13(9-16(21)20(17)28-2)7-8-19(25)30-12-18(24)23-14-5-4-6-15(11-14)31(22,26)27/h4-11H,3,12H2,1-2H3,(H,23,24)(H2,22,26,27)/b8-7+. The van der Waals surface area contributed by atoms with E-state index in [1.165, 1.54) is 37.5 Å². The van der Waals surface area contributed by atoms with Gasteiger partial charge < -0.3 is 19.5 Å². The Morgan fingerprint density at radius 2 is 1.97 bits per heavy atom. The van der Waals surface area contributed by atoms with Crippen LogP contribution in [0.5, 0.6) is 11.5 Å². The molecule has 0 unspecified atom stereocenters. The van der Waals surface area contributed by atoms with E-state index in [0.717, 1.165) is 6.08 Å². The van der Waals surface area contributed by atoms with Crippen LogP contribution in [0.2, 0.25) is 5.02 Å². The highest BCUT2D eigenvalue weighted by molar-refractivity contribution is 7.89. The van der Waals surface area contributed by atoms with Gasteiger partial charge in [-0.05, 0) is 48.9 Å². The number of nitrogens with two attached hydrogens (primary N) is 1. The Labute approximate surface area is 184 Å². The van der Waals surface area contributed by atoms with Gasteiger partial charge in [-0.1, -0.05) is 17.7 Å². The van der Waals surface area contributed by atoms with Gasteiger partial charge in [0, 0.05) is 11.8 Å². The van der Waals surface area contributed by atoms with Gasteiger partial charge in [0.2, 0.25) is 10.0 Å². The second kappa shape index (κ2) is 10.8. The number of methoxy groups -OCH3 is 1. The molecule has 0 aliphatic heterocycles. The highest BCUT2D eigenvalue weighted by Crippen LogP contribution is 2.36. The molecule has 2 rings (SSSR count). The van der Waals surface area contributed by atoms with E-state index >= 15 is 0 Å². The van der Waals surface area contributed by atoms with Crippen molar-refractivity contribution in [2.45, 2.75) is 11.8 Å². The number of carbonyl (C=O) groups excluding carboxylic acids is 2. The third kappa shape index (κ3) is 7.28. The molecule has 0 radical (unpaired) electrons. The lowest BCUT2D eigenvalue weighted by molar-refractivity contribution is -0.142. The second-order valence-corrected chi connectivity index (χ2v) is 8.00. The van der Waals surface area contributed by atoms with Gasteiger partial charge in [-0.3, -0.25) is 4.79 Å². The molecular weight excluding hydrogens is 448 g/mol. The number of hydrogen-bond acceptors (Lipinski definition) is 7. The van der Waals surface area contributed by atoms with E-state index < -0.39 is 28.5 Å². The van der Waals surface area contributed by atoms with E-state index in [9.17, 15) is 18.0 Å². The van der Waals surface area contributed by atoms with Crippen molar-refractivity contribution in [1.82, 2.24) is 0 Å². The number of ether oxygens (including phenoxy) is 3. The van der Waals surface area contributed by atoms with E-state index in [1.807, 2.05) is 6.92 Å². The van der Waals surface area contributed by atoms with Crippen LogP contribution in [0.25, 0.3) is 6.08 Å². The molecule has 0 saturated carbocycles. The monoisotopic (exact) mass is 468 g/mol. The number of carbonyl (C=O) groups is 2. The summed E-state index contributed by atoms with van der Waals surface area (Å²) in [5, 5.41) is 7.77. The zero-order valence-corrected chi connectivity index (χ0v) is 18.3. The van der Waals surface area contributed by atoms with Crippen molar-refractivity contribution in [3.05, 3.63) is 53.1 Å². The minimum absolute atomic E-state index is 0.158. The molecule has 1 amide bonds. The van der Waals surface area contributed by atoms with Crippen molar-refractivity contribution < 1.29 is 32.2 Å². The third-order valence-electron chi connectivity index (χ3n) is 3.74. The molecule has 0 aliphatic carbocycles. The van der Waals surface area contributed by atoms with Gasteiger partial charge in [0.15, 0.2) is 18.1 Å². The molecule has 2 aromatic carbocycles. The topological polar surface area (TPSA) is 134 Å². The zero-order chi connectivity index (χ0) is 23.0. The maximum absolute atomic E-state index is 11.9. The van der Waals surface area contributed by atoms with Gasteiger partial charge in [-0.25, -0.2) is 18.4 Å². The molecule has 0 atom stereocenters. The molecule has 0 fully saturated rings.